The predicted molar refractivity (Wildman–Crippen MR) is 132 cm³/mol. The average molecular weight is 500 g/mol. The van der Waals surface area contributed by atoms with Crippen molar-refractivity contribution in [1.29, 1.82) is 0 Å². The van der Waals surface area contributed by atoms with E-state index in [9.17, 15) is 13.5 Å². The molecular formula is C24H29N5O5S. The van der Waals surface area contributed by atoms with Crippen molar-refractivity contribution in [3.63, 3.8) is 0 Å². The second kappa shape index (κ2) is 10.5. The summed E-state index contributed by atoms with van der Waals surface area (Å²) in [6.45, 7) is 3.13. The molecule has 1 aliphatic rings. The minimum atomic E-state index is -4.06. The molecule has 4 rings (SSSR count). The van der Waals surface area contributed by atoms with Crippen LogP contribution in [0.25, 0.3) is 11.1 Å². The van der Waals surface area contributed by atoms with Gasteiger partial charge < -0.3 is 25.5 Å². The smallest absolute Gasteiger partial charge is 0.385 e. The van der Waals surface area contributed by atoms with Crippen molar-refractivity contribution < 1.29 is 22.4 Å². The molecule has 1 fully saturated rings. The monoisotopic (exact) mass is 499 g/mol. The van der Waals surface area contributed by atoms with E-state index in [1.165, 1.54) is 22.8 Å². The molecule has 1 aromatic heterocycles. The van der Waals surface area contributed by atoms with E-state index < -0.39 is 16.2 Å². The number of phenols is 1. The molecule has 0 radical (unpaired) electrons. The van der Waals surface area contributed by atoms with Crippen molar-refractivity contribution in [2.24, 2.45) is 5.73 Å². The Morgan fingerprint density at radius 3 is 2.46 bits per heavy atom. The third kappa shape index (κ3) is 5.31. The normalized spacial score (nSPS) is 15.1. The summed E-state index contributed by atoms with van der Waals surface area (Å²) >= 11 is 0. The second-order valence-corrected chi connectivity index (χ2v) is 9.71. The lowest BCUT2D eigenvalue weighted by molar-refractivity contribution is 0.339. The zero-order valence-corrected chi connectivity index (χ0v) is 20.2. The highest BCUT2D eigenvalue weighted by molar-refractivity contribution is 7.84. The Bertz CT molecular complexity index is 1280. The van der Waals surface area contributed by atoms with Crippen molar-refractivity contribution in [1.82, 2.24) is 14.3 Å². The van der Waals surface area contributed by atoms with E-state index in [2.05, 4.69) is 9.97 Å². The van der Waals surface area contributed by atoms with Crippen LogP contribution in [0, 0.1) is 0 Å². The Labute approximate surface area is 204 Å². The summed E-state index contributed by atoms with van der Waals surface area (Å²) < 4.78 is 39.3. The van der Waals surface area contributed by atoms with Gasteiger partial charge in [0.2, 0.25) is 0 Å². The van der Waals surface area contributed by atoms with Gasteiger partial charge in [0.15, 0.2) is 5.75 Å². The highest BCUT2D eigenvalue weighted by Gasteiger charge is 2.30. The molecular weight excluding hydrogens is 470 g/mol. The number of benzene rings is 2. The molecule has 1 saturated heterocycles. The molecule has 0 saturated carbocycles. The Morgan fingerprint density at radius 1 is 1.14 bits per heavy atom. The van der Waals surface area contributed by atoms with Crippen LogP contribution in [0.15, 0.2) is 48.9 Å². The fourth-order valence-corrected chi connectivity index (χ4v) is 5.37. The maximum Gasteiger partial charge on any atom is 0.385 e. The van der Waals surface area contributed by atoms with Crippen LogP contribution < -0.4 is 20.4 Å². The number of anilines is 1. The molecule has 0 spiro atoms. The average Bonchev–Trinajstić information content (AvgIpc) is 3.38. The molecule has 0 bridgehead atoms. The summed E-state index contributed by atoms with van der Waals surface area (Å²) in [5, 5.41) is 9.77. The van der Waals surface area contributed by atoms with E-state index in [0.717, 1.165) is 12.8 Å². The lowest BCUT2D eigenvalue weighted by atomic mass is 9.90. The minimum Gasteiger partial charge on any atom is -0.508 e. The van der Waals surface area contributed by atoms with Crippen molar-refractivity contribution in [2.75, 3.05) is 32.0 Å². The van der Waals surface area contributed by atoms with Crippen LogP contribution in [0.3, 0.4) is 0 Å². The Kier molecular flexibility index (Phi) is 7.39. The summed E-state index contributed by atoms with van der Waals surface area (Å²) in [7, 11) is -4.06. The van der Waals surface area contributed by atoms with E-state index >= 15 is 0 Å². The number of hydrogen-bond acceptors (Lipinski definition) is 9. The highest BCUT2D eigenvalue weighted by atomic mass is 32.2. The molecule has 1 atom stereocenters. The maximum absolute atomic E-state index is 13.1. The van der Waals surface area contributed by atoms with Gasteiger partial charge in [-0.3, -0.25) is 0 Å². The van der Waals surface area contributed by atoms with Crippen LogP contribution in [0.1, 0.15) is 36.8 Å². The van der Waals surface area contributed by atoms with Gasteiger partial charge >= 0.3 is 10.3 Å². The number of aromatic nitrogens is 2. The number of nitrogen functional groups attached to an aromatic ring is 1. The number of hydrogen-bond donors (Lipinski definition) is 3. The molecule has 3 aromatic rings. The Morgan fingerprint density at radius 2 is 1.83 bits per heavy atom. The van der Waals surface area contributed by atoms with E-state index in [-0.39, 0.29) is 23.9 Å². The first-order valence-corrected chi connectivity index (χ1v) is 12.8. The summed E-state index contributed by atoms with van der Waals surface area (Å²) in [5.74, 6) is 0.441. The predicted octanol–water partition coefficient (Wildman–Crippen LogP) is 2.64. The van der Waals surface area contributed by atoms with Gasteiger partial charge in [0, 0.05) is 37.3 Å². The van der Waals surface area contributed by atoms with E-state index in [1.54, 1.807) is 30.5 Å². The summed E-state index contributed by atoms with van der Waals surface area (Å²) in [4.78, 5) is 8.13. The first kappa shape index (κ1) is 24.7. The minimum absolute atomic E-state index is 0.0817. The van der Waals surface area contributed by atoms with Crippen LogP contribution in [-0.2, 0) is 10.3 Å². The van der Waals surface area contributed by atoms with Crippen molar-refractivity contribution >= 4 is 16.1 Å². The van der Waals surface area contributed by atoms with E-state index in [0.29, 0.717) is 47.7 Å². The third-order valence-corrected chi connectivity index (χ3v) is 7.29. The van der Waals surface area contributed by atoms with Gasteiger partial charge in [-0.05, 0) is 55.2 Å². The summed E-state index contributed by atoms with van der Waals surface area (Å²) in [6, 6.07) is 9.81. The molecule has 35 heavy (non-hydrogen) atoms. The largest absolute Gasteiger partial charge is 0.508 e. The number of aromatic hydroxyl groups is 1. The molecule has 1 aliphatic heterocycles. The number of ether oxygens (including phenoxy) is 1. The zero-order valence-electron chi connectivity index (χ0n) is 19.4. The number of phenolic OH excluding ortho intramolecular Hbond substituents is 1. The maximum atomic E-state index is 13.1. The second-order valence-electron chi connectivity index (χ2n) is 8.17. The van der Waals surface area contributed by atoms with Crippen molar-refractivity contribution in [3.05, 3.63) is 60.0 Å². The summed E-state index contributed by atoms with van der Waals surface area (Å²) in [5.41, 5.74) is 14.5. The van der Waals surface area contributed by atoms with Crippen LogP contribution in [0.5, 0.6) is 17.2 Å². The van der Waals surface area contributed by atoms with Crippen LogP contribution in [0.4, 0.5) is 5.82 Å². The number of rotatable bonds is 9. The lowest BCUT2D eigenvalue weighted by Gasteiger charge is -2.23. The molecule has 0 amide bonds. The Hall–Kier alpha value is -3.41. The third-order valence-electron chi connectivity index (χ3n) is 5.91. The Balaban J connectivity index is 1.91. The molecule has 2 heterocycles. The van der Waals surface area contributed by atoms with Gasteiger partial charge in [-0.1, -0.05) is 12.1 Å². The van der Waals surface area contributed by atoms with E-state index in [1.807, 2.05) is 6.92 Å². The molecule has 2 aromatic carbocycles. The van der Waals surface area contributed by atoms with Crippen molar-refractivity contribution in [2.45, 2.75) is 25.7 Å². The topological polar surface area (TPSA) is 154 Å². The van der Waals surface area contributed by atoms with Crippen LogP contribution >= 0.6 is 0 Å². The van der Waals surface area contributed by atoms with Gasteiger partial charge in [0.05, 0.1) is 12.2 Å². The van der Waals surface area contributed by atoms with Gasteiger partial charge in [0.1, 0.15) is 23.6 Å². The molecule has 186 valence electrons. The number of nitrogens with two attached hydrogens (primary N) is 2. The lowest BCUT2D eigenvalue weighted by Crippen LogP contribution is -2.32. The van der Waals surface area contributed by atoms with Crippen molar-refractivity contribution in [3.8, 4) is 28.4 Å². The van der Waals surface area contributed by atoms with Gasteiger partial charge in [-0.2, -0.15) is 12.7 Å². The van der Waals surface area contributed by atoms with Crippen LogP contribution in [-0.4, -0.2) is 54.0 Å². The van der Waals surface area contributed by atoms with Gasteiger partial charge in [-0.15, -0.1) is 0 Å². The zero-order chi connectivity index (χ0) is 25.0. The van der Waals surface area contributed by atoms with Gasteiger partial charge in [-0.25, -0.2) is 9.97 Å². The fourth-order valence-electron chi connectivity index (χ4n) is 4.20. The SMILES string of the molecule is CCOc1cc(C(CN)c2cncnc2N)cc(OS(=O)(=O)N2CCCC2)c1-c1ccc(O)cc1. The molecule has 1 unspecified atom stereocenters. The highest BCUT2D eigenvalue weighted by Crippen LogP contribution is 2.44. The first-order chi connectivity index (χ1) is 16.8. The molecule has 5 N–H and O–H groups in total. The standard InChI is InChI=1S/C24H29N5O5S/c1-2-33-21-11-17(19(13-25)20-14-27-15-28-24(20)26)12-22(23(21)16-5-7-18(30)8-6-16)34-35(31,32)29-9-3-4-10-29/h5-8,11-12,14-15,19,30H,2-4,9-10,13,25H2,1H3,(H2,26,27,28). The molecule has 11 heteroatoms. The molecule has 10 nitrogen and oxygen atoms in total. The van der Waals surface area contributed by atoms with Crippen LogP contribution in [0.2, 0.25) is 0 Å². The fraction of sp³-hybridized carbons (Fsp3) is 0.333. The molecule has 0 aliphatic carbocycles. The first-order valence-electron chi connectivity index (χ1n) is 11.4. The van der Waals surface area contributed by atoms with Gasteiger partial charge in [0.25, 0.3) is 0 Å². The van der Waals surface area contributed by atoms with E-state index in [4.69, 9.17) is 20.4 Å². The quantitative estimate of drug-likeness (QED) is 0.403. The summed E-state index contributed by atoms with van der Waals surface area (Å²) in [6.07, 6.45) is 4.50. The number of nitrogens with zero attached hydrogens (tertiary/aromatic N) is 3.